The lowest BCUT2D eigenvalue weighted by Crippen LogP contribution is -2.26. The van der Waals surface area contributed by atoms with Gasteiger partial charge in [0, 0.05) is 35.9 Å². The number of nitrogens with one attached hydrogen (secondary N) is 1. The largest absolute Gasteiger partial charge is 0.442 e. The normalized spacial score (nSPS) is 19.3. The van der Waals surface area contributed by atoms with E-state index in [1.54, 1.807) is 60.1 Å². The van der Waals surface area contributed by atoms with Gasteiger partial charge in [-0.3, -0.25) is 20.2 Å². The Morgan fingerprint density at radius 1 is 1.14 bits per heavy atom. The van der Waals surface area contributed by atoms with Gasteiger partial charge in [-0.15, -0.1) is 5.10 Å². The molecule has 11 nitrogen and oxygen atoms in total. The quantitative estimate of drug-likeness (QED) is 0.423. The summed E-state index contributed by atoms with van der Waals surface area (Å²) in [6, 6.07) is 8.26. The van der Waals surface area contributed by atoms with Crippen LogP contribution in [0, 0.1) is 5.82 Å². The van der Waals surface area contributed by atoms with Crippen molar-refractivity contribution in [2.75, 3.05) is 11.4 Å². The summed E-state index contributed by atoms with van der Waals surface area (Å²) in [7, 11) is 0. The molecule has 0 saturated carbocycles. The highest BCUT2D eigenvalue weighted by atomic mass is 19.1. The zero-order valence-corrected chi connectivity index (χ0v) is 18.9. The van der Waals surface area contributed by atoms with Crippen LogP contribution >= 0.6 is 0 Å². The molecular formula is C24H21FN8O3. The fourth-order valence-electron chi connectivity index (χ4n) is 4.21. The van der Waals surface area contributed by atoms with Crippen LogP contribution in [0.1, 0.15) is 5.69 Å². The Kier molecular flexibility index (Phi) is 5.62. The molecule has 12 heteroatoms. The topological polar surface area (TPSA) is 112 Å². The van der Waals surface area contributed by atoms with Crippen molar-refractivity contribution >= 4 is 17.5 Å². The van der Waals surface area contributed by atoms with Gasteiger partial charge < -0.3 is 9.30 Å². The van der Waals surface area contributed by atoms with Crippen LogP contribution in [0.2, 0.25) is 0 Å². The summed E-state index contributed by atoms with van der Waals surface area (Å²) in [5, 5.41) is 7.63. The molecule has 1 amide bonds. The Balaban J connectivity index is 1.14. The molecular weight excluding hydrogens is 467 g/mol. The molecule has 0 unspecified atom stereocenters. The second-order valence-electron chi connectivity index (χ2n) is 8.44. The third-order valence-electron chi connectivity index (χ3n) is 5.97. The maximum atomic E-state index is 15.1. The van der Waals surface area contributed by atoms with E-state index in [4.69, 9.17) is 9.57 Å². The molecule has 36 heavy (non-hydrogen) atoms. The van der Waals surface area contributed by atoms with Gasteiger partial charge in [0.05, 0.1) is 49.2 Å². The number of benzene rings is 1. The maximum absolute atomic E-state index is 15.1. The number of cyclic esters (lactones) is 1. The maximum Gasteiger partial charge on any atom is 0.414 e. The van der Waals surface area contributed by atoms with Crippen LogP contribution < -0.4 is 10.4 Å². The highest BCUT2D eigenvalue weighted by Crippen LogP contribution is 2.30. The Labute approximate surface area is 204 Å². The number of hydrogen-bond donors (Lipinski definition) is 1. The number of imidazole rings is 1. The number of hydrogen-bond acceptors (Lipinski definition) is 8. The zero-order valence-electron chi connectivity index (χ0n) is 18.9. The van der Waals surface area contributed by atoms with Crippen LogP contribution in [-0.4, -0.2) is 54.4 Å². The van der Waals surface area contributed by atoms with Crippen LogP contribution in [0.3, 0.4) is 0 Å². The van der Waals surface area contributed by atoms with Crippen molar-refractivity contribution in [1.82, 2.24) is 35.0 Å². The van der Waals surface area contributed by atoms with Crippen LogP contribution in [0.25, 0.3) is 16.8 Å². The minimum atomic E-state index is -0.524. The van der Waals surface area contributed by atoms with E-state index in [0.29, 0.717) is 42.1 Å². The van der Waals surface area contributed by atoms with Crippen LogP contribution in [0.5, 0.6) is 0 Å². The molecule has 2 aliphatic rings. The molecule has 5 heterocycles. The first-order valence-electron chi connectivity index (χ1n) is 11.3. The lowest BCUT2D eigenvalue weighted by atomic mass is 10.1. The SMILES string of the molecule is O=C1O[C@@H](Cn2ccnn2)CN1c1ccc(-c2ccc(C3=C[C@@H](Cn4ccnc4)ON3)nc2)c(F)c1. The Morgan fingerprint density at radius 2 is 2.08 bits per heavy atom. The van der Waals surface area contributed by atoms with Crippen molar-refractivity contribution in [1.29, 1.82) is 0 Å². The molecule has 3 aromatic heterocycles. The summed E-state index contributed by atoms with van der Waals surface area (Å²) >= 11 is 0. The number of amides is 1. The number of ether oxygens (including phenoxy) is 1. The first-order chi connectivity index (χ1) is 17.6. The number of aromatic nitrogens is 6. The van der Waals surface area contributed by atoms with E-state index < -0.39 is 18.0 Å². The van der Waals surface area contributed by atoms with Gasteiger partial charge in [0.15, 0.2) is 0 Å². The van der Waals surface area contributed by atoms with Crippen molar-refractivity contribution < 1.29 is 18.8 Å². The Hall–Kier alpha value is -4.58. The molecule has 1 saturated heterocycles. The average Bonchev–Trinajstić information content (AvgIpc) is 3.69. The highest BCUT2D eigenvalue weighted by Gasteiger charge is 2.33. The van der Waals surface area contributed by atoms with E-state index in [1.165, 1.54) is 11.0 Å². The smallest absolute Gasteiger partial charge is 0.414 e. The predicted octanol–water partition coefficient (Wildman–Crippen LogP) is 2.65. The number of pyridine rings is 1. The van der Waals surface area contributed by atoms with Crippen LogP contribution in [-0.2, 0) is 22.7 Å². The number of rotatable bonds is 7. The van der Waals surface area contributed by atoms with E-state index in [2.05, 4.69) is 25.8 Å². The summed E-state index contributed by atoms with van der Waals surface area (Å²) in [4.78, 5) is 27.9. The molecule has 0 bridgehead atoms. The molecule has 2 atom stereocenters. The van der Waals surface area contributed by atoms with Crippen molar-refractivity contribution in [3.8, 4) is 11.1 Å². The molecule has 4 aromatic rings. The van der Waals surface area contributed by atoms with Gasteiger partial charge in [0.25, 0.3) is 0 Å². The summed E-state index contributed by atoms with van der Waals surface area (Å²) in [6.45, 7) is 1.29. The van der Waals surface area contributed by atoms with Gasteiger partial charge in [0.1, 0.15) is 18.0 Å². The van der Waals surface area contributed by atoms with Gasteiger partial charge in [-0.25, -0.2) is 18.9 Å². The molecule has 1 N–H and O–H groups in total. The number of halogens is 1. The summed E-state index contributed by atoms with van der Waals surface area (Å²) in [6.07, 6.45) is 11.0. The summed E-state index contributed by atoms with van der Waals surface area (Å²) in [5.74, 6) is -0.462. The fraction of sp³-hybridized carbons (Fsp3) is 0.208. The third kappa shape index (κ3) is 4.41. The minimum Gasteiger partial charge on any atom is -0.442 e. The second kappa shape index (κ2) is 9.23. The lowest BCUT2D eigenvalue weighted by Gasteiger charge is -2.14. The van der Waals surface area contributed by atoms with Crippen molar-refractivity contribution in [3.63, 3.8) is 0 Å². The number of hydroxylamine groups is 1. The van der Waals surface area contributed by atoms with Crippen LogP contribution in [0.4, 0.5) is 14.9 Å². The molecule has 2 aliphatic heterocycles. The molecule has 0 spiro atoms. The van der Waals surface area contributed by atoms with Gasteiger partial charge >= 0.3 is 6.09 Å². The van der Waals surface area contributed by atoms with Gasteiger partial charge in [-0.05, 0) is 30.3 Å². The third-order valence-corrected chi connectivity index (χ3v) is 5.97. The van der Waals surface area contributed by atoms with Gasteiger partial charge in [-0.2, -0.15) is 0 Å². The number of nitrogens with zero attached hydrogens (tertiary/aromatic N) is 7. The zero-order chi connectivity index (χ0) is 24.5. The lowest BCUT2D eigenvalue weighted by molar-refractivity contribution is 0.0417. The van der Waals surface area contributed by atoms with Gasteiger partial charge in [-0.1, -0.05) is 11.3 Å². The first-order valence-corrected chi connectivity index (χ1v) is 11.3. The van der Waals surface area contributed by atoms with E-state index in [1.807, 2.05) is 16.8 Å². The van der Waals surface area contributed by atoms with Gasteiger partial charge in [0.2, 0.25) is 0 Å². The van der Waals surface area contributed by atoms with Crippen molar-refractivity contribution in [3.05, 3.63) is 85.2 Å². The molecule has 1 aromatic carbocycles. The summed E-state index contributed by atoms with van der Waals surface area (Å²) in [5.41, 5.74) is 5.75. The molecule has 0 radical (unpaired) electrons. The molecule has 1 fully saturated rings. The van der Waals surface area contributed by atoms with Crippen molar-refractivity contribution in [2.45, 2.75) is 25.3 Å². The molecule has 0 aliphatic carbocycles. The first kappa shape index (κ1) is 21.9. The van der Waals surface area contributed by atoms with E-state index in [9.17, 15) is 4.79 Å². The minimum absolute atomic E-state index is 0.159. The van der Waals surface area contributed by atoms with E-state index >= 15 is 4.39 Å². The Bertz CT molecular complexity index is 1390. The Morgan fingerprint density at radius 3 is 2.83 bits per heavy atom. The van der Waals surface area contributed by atoms with E-state index in [-0.39, 0.29) is 6.10 Å². The molecule has 182 valence electrons. The highest BCUT2D eigenvalue weighted by molar-refractivity contribution is 5.90. The standard InChI is InChI=1S/C24H21FN8O3/c25-21-9-17(33-14-19(35-24(33)34)13-32-8-6-28-30-32)2-3-20(21)16-1-4-22(27-11-16)23-10-18(36-29-23)12-31-7-5-26-15-31/h1-11,15,18-19,29H,12-14H2/t18-,19-/m0/s1. The number of anilines is 1. The number of carbonyl (C=O) groups is 1. The fourth-order valence-corrected chi connectivity index (χ4v) is 4.21. The van der Waals surface area contributed by atoms with Crippen LogP contribution in [0.15, 0.2) is 73.7 Å². The van der Waals surface area contributed by atoms with Crippen molar-refractivity contribution in [2.24, 2.45) is 0 Å². The average molecular weight is 488 g/mol. The second-order valence-corrected chi connectivity index (χ2v) is 8.44. The molecule has 6 rings (SSSR count). The van der Waals surface area contributed by atoms with E-state index in [0.717, 1.165) is 5.70 Å². The summed E-state index contributed by atoms with van der Waals surface area (Å²) < 4.78 is 24.0. The monoisotopic (exact) mass is 488 g/mol. The number of carbonyl (C=O) groups excluding carboxylic acids is 1. The predicted molar refractivity (Wildman–Crippen MR) is 125 cm³/mol.